The maximum absolute atomic E-state index is 15.6. The molecule has 0 aliphatic heterocycles. The first-order chi connectivity index (χ1) is 23.2. The van der Waals surface area contributed by atoms with Gasteiger partial charge in [-0.2, -0.15) is 8.78 Å². The Balaban J connectivity index is 1.08. The monoisotopic (exact) mass is 750 g/mol. The summed E-state index contributed by atoms with van der Waals surface area (Å²) < 4.78 is 93.6. The van der Waals surface area contributed by atoms with Gasteiger partial charge in [0.25, 0.3) is 0 Å². The predicted molar refractivity (Wildman–Crippen MR) is 195 cm³/mol. The lowest BCUT2D eigenvalue weighted by Crippen LogP contribution is -1.82. The van der Waals surface area contributed by atoms with E-state index in [0.717, 1.165) is 107 Å². The van der Waals surface area contributed by atoms with E-state index < -0.39 is 23.3 Å². The van der Waals surface area contributed by atoms with Gasteiger partial charge in [0.05, 0.1) is 19.5 Å². The molecule has 0 unspecified atom stereocenters. The lowest BCUT2D eigenvalue weighted by atomic mass is 10.1. The van der Waals surface area contributed by atoms with Crippen molar-refractivity contribution in [2.45, 2.75) is 0 Å². The Morgan fingerprint density at radius 1 is 0.312 bits per heavy atom. The van der Waals surface area contributed by atoms with Gasteiger partial charge in [-0.05, 0) is 45.8 Å². The summed E-state index contributed by atoms with van der Waals surface area (Å²) in [5.41, 5.74) is 0. The molecule has 10 rings (SSSR count). The minimum atomic E-state index is -1.23. The third-order valence-electron chi connectivity index (χ3n) is 8.51. The normalized spacial score (nSPS) is 12.4. The van der Waals surface area contributed by atoms with E-state index in [1.54, 1.807) is 12.1 Å². The fourth-order valence-corrected chi connectivity index (χ4v) is 13.0. The molecular weight excluding hydrogens is 739 g/mol. The van der Waals surface area contributed by atoms with Crippen LogP contribution in [0.2, 0.25) is 0 Å². The molecule has 6 heterocycles. The summed E-state index contributed by atoms with van der Waals surface area (Å²) in [7, 11) is 0. The Bertz CT molecular complexity index is 2780. The van der Waals surface area contributed by atoms with Crippen molar-refractivity contribution in [1.29, 1.82) is 0 Å². The molecule has 12 heteroatoms. The fourth-order valence-electron chi connectivity index (χ4n) is 6.35. The van der Waals surface area contributed by atoms with E-state index >= 15 is 17.6 Å². The summed E-state index contributed by atoms with van der Waals surface area (Å²) in [5, 5.41) is 6.12. The van der Waals surface area contributed by atoms with Crippen LogP contribution in [-0.4, -0.2) is 0 Å². The van der Waals surface area contributed by atoms with E-state index in [0.29, 0.717) is 9.75 Å². The molecule has 10 aromatic rings. The minimum absolute atomic E-state index is 0.000449. The molecule has 6 aromatic heterocycles. The van der Waals surface area contributed by atoms with Gasteiger partial charge in [-0.25, -0.2) is 17.6 Å². The smallest absolute Gasteiger partial charge is 0.179 e. The Labute approximate surface area is 290 Å². The second kappa shape index (κ2) is 10.4. The molecule has 0 spiro atoms. The zero-order valence-electron chi connectivity index (χ0n) is 23.6. The zero-order valence-corrected chi connectivity index (χ0v) is 28.5. The molecule has 0 aliphatic carbocycles. The van der Waals surface area contributed by atoms with E-state index in [1.807, 2.05) is 48.5 Å². The van der Waals surface area contributed by atoms with Crippen molar-refractivity contribution >= 4 is 130 Å². The maximum Gasteiger partial charge on any atom is 0.179 e. The molecule has 48 heavy (non-hydrogen) atoms. The van der Waals surface area contributed by atoms with Crippen molar-refractivity contribution in [3.8, 4) is 29.3 Å². The summed E-state index contributed by atoms with van der Waals surface area (Å²) in [4.78, 5) is 0.301. The van der Waals surface area contributed by atoms with Crippen LogP contribution < -0.4 is 0 Å². The van der Waals surface area contributed by atoms with Gasteiger partial charge in [0.1, 0.15) is 0 Å². The number of hydrogen-bond donors (Lipinski definition) is 0. The van der Waals surface area contributed by atoms with Gasteiger partial charge in [-0.1, -0.05) is 48.5 Å². The van der Waals surface area contributed by atoms with E-state index in [-0.39, 0.29) is 29.8 Å². The van der Waals surface area contributed by atoms with E-state index in [2.05, 4.69) is 0 Å². The SMILES string of the molecule is Fc1cc2ccc3c(ccc4cc(-c5sc(-c6sc(-c7cc8ccc9c(ccc%10cc(F)sc%109)c8s7)c(F)c6F)c(F)c5F)sc43)c2s1. The van der Waals surface area contributed by atoms with Gasteiger partial charge in [0, 0.05) is 50.1 Å². The van der Waals surface area contributed by atoms with Gasteiger partial charge in [-0.15, -0.1) is 68.0 Å². The topological polar surface area (TPSA) is 0 Å². The number of rotatable bonds is 3. The zero-order chi connectivity index (χ0) is 32.6. The second-order valence-electron chi connectivity index (χ2n) is 11.2. The molecule has 0 nitrogen and oxygen atoms in total. The van der Waals surface area contributed by atoms with Crippen LogP contribution >= 0.6 is 68.0 Å². The summed E-state index contributed by atoms with van der Waals surface area (Å²) in [6.45, 7) is 0. The van der Waals surface area contributed by atoms with Crippen LogP contribution in [0, 0.1) is 33.5 Å². The number of halogens is 6. The van der Waals surface area contributed by atoms with Crippen LogP contribution in [0.3, 0.4) is 0 Å². The van der Waals surface area contributed by atoms with Crippen LogP contribution in [0.1, 0.15) is 0 Å². The van der Waals surface area contributed by atoms with Crippen molar-refractivity contribution in [3.63, 3.8) is 0 Å². The minimum Gasteiger partial charge on any atom is -0.202 e. The van der Waals surface area contributed by atoms with Crippen LogP contribution in [0.5, 0.6) is 0 Å². The van der Waals surface area contributed by atoms with Gasteiger partial charge in [-0.3, -0.25) is 0 Å². The van der Waals surface area contributed by atoms with Crippen molar-refractivity contribution < 1.29 is 26.3 Å². The molecule has 0 N–H and O–H groups in total. The van der Waals surface area contributed by atoms with Crippen LogP contribution in [0.15, 0.2) is 72.8 Å². The number of hydrogen-bond acceptors (Lipinski definition) is 6. The van der Waals surface area contributed by atoms with Crippen molar-refractivity contribution in [2.24, 2.45) is 0 Å². The van der Waals surface area contributed by atoms with Crippen LogP contribution in [-0.2, 0) is 0 Å². The molecule has 4 aromatic carbocycles. The second-order valence-corrected chi connectivity index (χ2v) is 17.4. The standard InChI is InChI=1S/C36H12F6S6/c37-23-11-15-3-7-17-19(31(15)45-23)5-1-13-9-21(43-29(13)17)33-25(39)27(41)35(47-33)36-28(42)26(40)34(48-36)22-10-14-2-6-20-18(30(14)44-22)8-4-16-12-24(38)46-32(16)20/h1-12H. The van der Waals surface area contributed by atoms with Gasteiger partial charge >= 0.3 is 0 Å². The summed E-state index contributed by atoms with van der Waals surface area (Å²) in [6.07, 6.45) is 0. The number of benzene rings is 4. The quantitative estimate of drug-likeness (QED) is 0.158. The van der Waals surface area contributed by atoms with Gasteiger partial charge in [0.2, 0.25) is 0 Å². The first-order valence-corrected chi connectivity index (χ1v) is 19.2. The third kappa shape index (κ3) is 4.10. The molecule has 0 bridgehead atoms. The highest BCUT2D eigenvalue weighted by atomic mass is 32.1. The van der Waals surface area contributed by atoms with Gasteiger partial charge < -0.3 is 0 Å². The predicted octanol–water partition coefficient (Wildman–Crippen LogP) is 14.8. The first-order valence-electron chi connectivity index (χ1n) is 14.3. The van der Waals surface area contributed by atoms with Crippen molar-refractivity contribution in [3.05, 3.63) is 106 Å². The molecule has 0 saturated heterocycles. The third-order valence-corrected chi connectivity index (χ3v) is 15.6. The average Bonchev–Trinajstić information content (AvgIpc) is 3.92. The molecule has 0 radical (unpaired) electrons. The Hall–Kier alpha value is -3.78. The lowest BCUT2D eigenvalue weighted by molar-refractivity contribution is 0.513. The molecule has 0 saturated carbocycles. The van der Waals surface area contributed by atoms with Gasteiger partial charge in [0.15, 0.2) is 33.5 Å². The Morgan fingerprint density at radius 2 is 0.625 bits per heavy atom. The van der Waals surface area contributed by atoms with E-state index in [9.17, 15) is 8.78 Å². The Kier molecular flexibility index (Phi) is 6.30. The van der Waals surface area contributed by atoms with E-state index in [4.69, 9.17) is 0 Å². The fraction of sp³-hybridized carbons (Fsp3) is 0. The summed E-state index contributed by atoms with van der Waals surface area (Å²) >= 11 is 6.16. The molecule has 0 fully saturated rings. The molecular formula is C36H12F6S6. The summed E-state index contributed by atoms with van der Waals surface area (Å²) in [5.74, 6) is -4.69. The van der Waals surface area contributed by atoms with E-state index in [1.165, 1.54) is 34.8 Å². The average molecular weight is 751 g/mol. The van der Waals surface area contributed by atoms with Crippen LogP contribution in [0.4, 0.5) is 26.3 Å². The first kappa shape index (κ1) is 29.2. The molecule has 0 aliphatic rings. The number of fused-ring (bicyclic) bond motifs is 10. The molecule has 0 amide bonds. The highest BCUT2D eigenvalue weighted by molar-refractivity contribution is 7.31. The highest BCUT2D eigenvalue weighted by Crippen LogP contribution is 2.51. The maximum atomic E-state index is 15.6. The highest BCUT2D eigenvalue weighted by Gasteiger charge is 2.30. The molecule has 0 atom stereocenters. The van der Waals surface area contributed by atoms with Crippen molar-refractivity contribution in [1.82, 2.24) is 0 Å². The Morgan fingerprint density at radius 3 is 1.00 bits per heavy atom. The lowest BCUT2D eigenvalue weighted by Gasteiger charge is -2.00. The largest absolute Gasteiger partial charge is 0.202 e. The van der Waals surface area contributed by atoms with Crippen LogP contribution in [0.25, 0.3) is 91.2 Å². The number of thiophene rings is 6. The summed E-state index contributed by atoms with van der Waals surface area (Å²) in [6, 6.07) is 21.5. The molecule has 234 valence electrons. The van der Waals surface area contributed by atoms with Crippen molar-refractivity contribution in [2.75, 3.05) is 0 Å².